The summed E-state index contributed by atoms with van der Waals surface area (Å²) in [7, 11) is 0. The van der Waals surface area contributed by atoms with Gasteiger partial charge >= 0.3 is 6.18 Å². The zero-order valence-electron chi connectivity index (χ0n) is 19.0. The number of nitrogens with one attached hydrogen (secondary N) is 1. The van der Waals surface area contributed by atoms with Crippen LogP contribution >= 0.6 is 0 Å². The minimum atomic E-state index is -5.01. The first-order chi connectivity index (χ1) is 17.0. The number of pyridine rings is 1. The molecule has 3 atom stereocenters. The van der Waals surface area contributed by atoms with Crippen LogP contribution < -0.4 is 5.32 Å². The van der Waals surface area contributed by atoms with Crippen molar-refractivity contribution in [2.45, 2.75) is 43.5 Å². The molecule has 2 aromatic heterocycles. The molecular weight excluding hydrogens is 481 g/mol. The summed E-state index contributed by atoms with van der Waals surface area (Å²) in [6.07, 6.45) is -2.59. The molecule has 0 fully saturated rings. The lowest BCUT2D eigenvalue weighted by Crippen LogP contribution is -2.55. The average molecular weight is 503 g/mol. The summed E-state index contributed by atoms with van der Waals surface area (Å²) in [6.45, 7) is 1.62. The van der Waals surface area contributed by atoms with E-state index in [-0.39, 0.29) is 17.5 Å². The Hall–Kier alpha value is -3.66. The third-order valence-electron chi connectivity index (χ3n) is 6.96. The van der Waals surface area contributed by atoms with Gasteiger partial charge < -0.3 is 20.1 Å². The fraction of sp³-hybridized carbons (Fsp3) is 0.269. The molecule has 0 radical (unpaired) electrons. The lowest BCUT2D eigenvalue weighted by molar-refractivity contribution is -0.272. The number of hydrogen-bond acceptors (Lipinski definition) is 4. The van der Waals surface area contributed by atoms with Gasteiger partial charge in [0.25, 0.3) is 0 Å². The van der Waals surface area contributed by atoms with Crippen molar-refractivity contribution < 1.29 is 32.2 Å². The van der Waals surface area contributed by atoms with Crippen molar-refractivity contribution in [1.29, 1.82) is 0 Å². The number of rotatable bonds is 4. The molecule has 0 spiro atoms. The quantitative estimate of drug-likeness (QED) is 0.224. The van der Waals surface area contributed by atoms with Crippen LogP contribution in [0.2, 0.25) is 0 Å². The van der Waals surface area contributed by atoms with Crippen molar-refractivity contribution in [2.24, 2.45) is 0 Å². The molecule has 5 nitrogen and oxygen atoms in total. The molecule has 2 aromatic carbocycles. The lowest BCUT2D eigenvalue weighted by Gasteiger charge is -2.45. The first kappa shape index (κ1) is 24.1. The van der Waals surface area contributed by atoms with Gasteiger partial charge in [-0.05, 0) is 60.7 Å². The Morgan fingerprint density at radius 1 is 1.11 bits per heavy atom. The number of benzene rings is 2. The molecule has 0 aliphatic heterocycles. The van der Waals surface area contributed by atoms with E-state index in [9.17, 15) is 32.2 Å². The second kappa shape index (κ2) is 8.48. The molecular formula is C26H22F5N3O2. The standard InChI is InChI=1S/C26H22F5N3O2/c1-2-14-12-25(36,26(29,30)31)24(17-7-8-18(27)23(35)22(14)17)33-19-4-3-5-20-16(19)10-11-34(20)15-6-9-21(28)32-13-15/h3-11,13-14,24,33,35-36H,2,12H2,1H3. The Bertz CT molecular complexity index is 1430. The first-order valence-corrected chi connectivity index (χ1v) is 11.3. The highest BCUT2D eigenvalue weighted by Gasteiger charge is 2.62. The van der Waals surface area contributed by atoms with Crippen LogP contribution in [0.4, 0.5) is 27.6 Å². The second-order valence-corrected chi connectivity index (χ2v) is 8.97. The van der Waals surface area contributed by atoms with Crippen LogP contribution in [0.5, 0.6) is 5.75 Å². The maximum absolute atomic E-state index is 14.4. The number of halogens is 5. The third-order valence-corrected chi connectivity index (χ3v) is 6.96. The molecule has 0 saturated carbocycles. The summed E-state index contributed by atoms with van der Waals surface area (Å²) in [5, 5.41) is 24.9. The number of phenolic OH excluding ortho intramolecular Hbond substituents is 1. The summed E-state index contributed by atoms with van der Waals surface area (Å²) in [5.74, 6) is -3.19. The molecule has 4 aromatic rings. The maximum Gasteiger partial charge on any atom is 0.419 e. The molecule has 2 heterocycles. The highest BCUT2D eigenvalue weighted by atomic mass is 19.4. The van der Waals surface area contributed by atoms with Gasteiger partial charge in [-0.15, -0.1) is 0 Å². The minimum absolute atomic E-state index is 0.0222. The smallest absolute Gasteiger partial charge is 0.419 e. The SMILES string of the molecule is CCC1CC(O)(C(F)(F)F)C(Nc2cccc3c2ccn3-c2ccc(F)nc2)c2ccc(F)c(O)c21. The largest absolute Gasteiger partial charge is 0.505 e. The Kier molecular flexibility index (Phi) is 5.66. The molecule has 0 amide bonds. The van der Waals surface area contributed by atoms with Crippen LogP contribution in [0.25, 0.3) is 16.6 Å². The van der Waals surface area contributed by atoms with Crippen molar-refractivity contribution in [2.75, 3.05) is 5.32 Å². The van der Waals surface area contributed by atoms with Crippen molar-refractivity contribution in [1.82, 2.24) is 9.55 Å². The highest BCUT2D eigenvalue weighted by molar-refractivity contribution is 5.93. The zero-order valence-corrected chi connectivity index (χ0v) is 19.0. The zero-order chi connectivity index (χ0) is 25.8. The number of alkyl halides is 3. The molecule has 1 aliphatic rings. The van der Waals surface area contributed by atoms with Crippen molar-refractivity contribution in [3.63, 3.8) is 0 Å². The lowest BCUT2D eigenvalue weighted by atomic mass is 9.69. The first-order valence-electron chi connectivity index (χ1n) is 11.3. The summed E-state index contributed by atoms with van der Waals surface area (Å²) in [6, 6.07) is 9.69. The summed E-state index contributed by atoms with van der Waals surface area (Å²) >= 11 is 0. The Morgan fingerprint density at radius 3 is 2.56 bits per heavy atom. The van der Waals surface area contributed by atoms with Crippen LogP contribution in [0.3, 0.4) is 0 Å². The predicted molar refractivity (Wildman–Crippen MR) is 124 cm³/mol. The van der Waals surface area contributed by atoms with E-state index in [1.54, 1.807) is 42.0 Å². The van der Waals surface area contributed by atoms with Crippen LogP contribution in [0.15, 0.2) is 60.9 Å². The van der Waals surface area contributed by atoms with Crippen molar-refractivity contribution in [3.05, 3.63) is 83.8 Å². The minimum Gasteiger partial charge on any atom is -0.505 e. The van der Waals surface area contributed by atoms with Gasteiger partial charge in [0.2, 0.25) is 5.95 Å². The third kappa shape index (κ3) is 3.67. The summed E-state index contributed by atoms with van der Waals surface area (Å²) in [4.78, 5) is 3.64. The molecule has 3 unspecified atom stereocenters. The summed E-state index contributed by atoms with van der Waals surface area (Å²) < 4.78 is 72.3. The fourth-order valence-corrected chi connectivity index (χ4v) is 5.14. The van der Waals surface area contributed by atoms with Gasteiger partial charge in [0.15, 0.2) is 17.2 Å². The number of aliphatic hydroxyl groups is 1. The monoisotopic (exact) mass is 503 g/mol. The molecule has 36 heavy (non-hydrogen) atoms. The van der Waals surface area contributed by atoms with Crippen LogP contribution in [0.1, 0.15) is 42.9 Å². The molecule has 5 rings (SSSR count). The number of fused-ring (bicyclic) bond motifs is 2. The molecule has 1 aliphatic carbocycles. The molecule has 188 valence electrons. The maximum atomic E-state index is 14.4. The Morgan fingerprint density at radius 2 is 1.89 bits per heavy atom. The van der Waals surface area contributed by atoms with Gasteiger partial charge in [0.05, 0.1) is 23.4 Å². The van der Waals surface area contributed by atoms with E-state index in [1.807, 2.05) is 0 Å². The molecule has 0 saturated heterocycles. The van der Waals surface area contributed by atoms with E-state index in [0.29, 0.717) is 22.3 Å². The predicted octanol–water partition coefficient (Wildman–Crippen LogP) is 6.35. The number of nitrogens with zero attached hydrogens (tertiary/aromatic N) is 2. The van der Waals surface area contributed by atoms with E-state index >= 15 is 0 Å². The molecule has 0 bridgehead atoms. The summed E-state index contributed by atoms with van der Waals surface area (Å²) in [5.41, 5.74) is -1.70. The van der Waals surface area contributed by atoms with E-state index in [0.717, 1.165) is 6.07 Å². The highest BCUT2D eigenvalue weighted by Crippen LogP contribution is 2.55. The van der Waals surface area contributed by atoms with E-state index in [4.69, 9.17) is 0 Å². The number of anilines is 1. The van der Waals surface area contributed by atoms with Crippen LogP contribution in [-0.2, 0) is 0 Å². The number of aromatic hydroxyl groups is 1. The van der Waals surface area contributed by atoms with Crippen molar-refractivity contribution >= 4 is 16.6 Å². The van der Waals surface area contributed by atoms with Gasteiger partial charge in [-0.3, -0.25) is 0 Å². The van der Waals surface area contributed by atoms with Gasteiger partial charge in [-0.1, -0.05) is 19.1 Å². The van der Waals surface area contributed by atoms with E-state index in [2.05, 4.69) is 10.3 Å². The number of phenols is 1. The number of aromatic nitrogens is 2. The Balaban J connectivity index is 1.66. The molecule has 10 heteroatoms. The normalized spacial score (nSPS) is 22.0. The number of hydrogen-bond donors (Lipinski definition) is 3. The van der Waals surface area contributed by atoms with Gasteiger partial charge in [-0.2, -0.15) is 17.6 Å². The van der Waals surface area contributed by atoms with Gasteiger partial charge in [0, 0.05) is 22.8 Å². The van der Waals surface area contributed by atoms with Crippen LogP contribution in [-0.4, -0.2) is 31.5 Å². The van der Waals surface area contributed by atoms with E-state index in [1.165, 1.54) is 24.4 Å². The topological polar surface area (TPSA) is 70.3 Å². The van der Waals surface area contributed by atoms with E-state index < -0.39 is 47.7 Å². The fourth-order valence-electron chi connectivity index (χ4n) is 5.14. The average Bonchev–Trinajstić information content (AvgIpc) is 3.27. The molecule has 3 N–H and O–H groups in total. The van der Waals surface area contributed by atoms with Crippen LogP contribution in [0, 0.1) is 11.8 Å². The van der Waals surface area contributed by atoms with Gasteiger partial charge in [0.1, 0.15) is 0 Å². The second-order valence-electron chi connectivity index (χ2n) is 8.97. The van der Waals surface area contributed by atoms with Gasteiger partial charge in [-0.25, -0.2) is 9.37 Å². The van der Waals surface area contributed by atoms with Crippen molar-refractivity contribution in [3.8, 4) is 11.4 Å². The Labute approximate surface area is 202 Å².